The second-order valence-corrected chi connectivity index (χ2v) is 7.70. The highest BCUT2D eigenvalue weighted by Gasteiger charge is 2.22. The summed E-state index contributed by atoms with van der Waals surface area (Å²) in [4.78, 5) is 33.6. The maximum Gasteiger partial charge on any atom is 0.344 e. The number of non-ortho nitro benzene ring substituents is 1. The number of nitrogens with one attached hydrogen (secondary N) is 1. The van der Waals surface area contributed by atoms with Gasteiger partial charge in [-0.15, -0.1) is 0 Å². The van der Waals surface area contributed by atoms with Crippen LogP contribution < -0.4 is 4.72 Å². The molecule has 0 atom stereocenters. The zero-order valence-corrected chi connectivity index (χ0v) is 16.3. The average molecular weight is 422 g/mol. The zero-order valence-electron chi connectivity index (χ0n) is 15.5. The van der Waals surface area contributed by atoms with E-state index in [0.29, 0.717) is 0 Å². The van der Waals surface area contributed by atoms with Gasteiger partial charge in [0.15, 0.2) is 6.61 Å². The van der Waals surface area contributed by atoms with Crippen molar-refractivity contribution in [2.75, 3.05) is 11.3 Å². The molecule has 1 N–H and O–H groups in total. The van der Waals surface area contributed by atoms with E-state index in [1.54, 1.807) is 13.8 Å². The Labute approximate surface area is 166 Å². The first-order valence-electron chi connectivity index (χ1n) is 8.33. The minimum Gasteiger partial charge on any atom is -0.460 e. The number of nitro groups is 1. The predicted octanol–water partition coefficient (Wildman–Crippen LogP) is 2.50. The van der Waals surface area contributed by atoms with Crippen LogP contribution in [0.25, 0.3) is 0 Å². The van der Waals surface area contributed by atoms with Gasteiger partial charge in [0.1, 0.15) is 0 Å². The number of para-hydroxylation sites is 1. The second kappa shape index (κ2) is 9.15. The van der Waals surface area contributed by atoms with Gasteiger partial charge >= 0.3 is 11.9 Å². The van der Waals surface area contributed by atoms with Crippen LogP contribution in [0.2, 0.25) is 0 Å². The number of anilines is 1. The Morgan fingerprint density at radius 2 is 1.83 bits per heavy atom. The molecule has 0 saturated carbocycles. The number of carbonyl (C=O) groups excluding carboxylic acids is 2. The van der Waals surface area contributed by atoms with E-state index in [0.717, 1.165) is 12.1 Å². The van der Waals surface area contributed by atoms with Crippen molar-refractivity contribution in [3.8, 4) is 0 Å². The molecule has 29 heavy (non-hydrogen) atoms. The average Bonchev–Trinajstić information content (AvgIpc) is 2.66. The van der Waals surface area contributed by atoms with E-state index in [2.05, 4.69) is 4.72 Å². The summed E-state index contributed by atoms with van der Waals surface area (Å²) in [7, 11) is -4.23. The first kappa shape index (κ1) is 21.8. The third-order valence-corrected chi connectivity index (χ3v) is 4.78. The van der Waals surface area contributed by atoms with E-state index in [9.17, 15) is 28.1 Å². The summed E-state index contributed by atoms with van der Waals surface area (Å²) in [5.41, 5.74) is -0.649. The normalized spacial score (nSPS) is 11.0. The molecule has 0 spiro atoms. The maximum atomic E-state index is 12.6. The zero-order chi connectivity index (χ0) is 21.6. The summed E-state index contributed by atoms with van der Waals surface area (Å²) in [6, 6.07) is 10.0. The minimum atomic E-state index is -4.23. The van der Waals surface area contributed by atoms with Gasteiger partial charge in [0.2, 0.25) is 0 Å². The number of sulfonamides is 1. The highest BCUT2D eigenvalue weighted by Crippen LogP contribution is 2.23. The fraction of sp³-hybridized carbons (Fsp3) is 0.222. The van der Waals surface area contributed by atoms with Crippen LogP contribution in [0.1, 0.15) is 24.2 Å². The molecule has 2 rings (SSSR count). The summed E-state index contributed by atoms with van der Waals surface area (Å²) in [6.45, 7) is 2.64. The topological polar surface area (TPSA) is 142 Å². The molecule has 0 heterocycles. The molecule has 10 nitrogen and oxygen atoms in total. The third kappa shape index (κ3) is 6.01. The van der Waals surface area contributed by atoms with Gasteiger partial charge in [-0.1, -0.05) is 18.2 Å². The van der Waals surface area contributed by atoms with Crippen LogP contribution in [-0.2, 0) is 24.3 Å². The molecule has 0 saturated heterocycles. The predicted molar refractivity (Wildman–Crippen MR) is 102 cm³/mol. The van der Waals surface area contributed by atoms with Gasteiger partial charge in [-0.3, -0.25) is 14.8 Å². The lowest BCUT2D eigenvalue weighted by molar-refractivity contribution is -0.385. The highest BCUT2D eigenvalue weighted by atomic mass is 32.2. The highest BCUT2D eigenvalue weighted by molar-refractivity contribution is 7.92. The lowest BCUT2D eigenvalue weighted by Gasteiger charge is -2.13. The van der Waals surface area contributed by atoms with Crippen LogP contribution in [0, 0.1) is 10.1 Å². The van der Waals surface area contributed by atoms with E-state index in [4.69, 9.17) is 9.47 Å². The van der Waals surface area contributed by atoms with E-state index in [1.807, 2.05) is 0 Å². The Balaban J connectivity index is 2.22. The molecule has 0 aliphatic heterocycles. The fourth-order valence-corrected chi connectivity index (χ4v) is 3.34. The summed E-state index contributed by atoms with van der Waals surface area (Å²) in [5, 5.41) is 10.9. The Bertz CT molecular complexity index is 1030. The Morgan fingerprint density at radius 3 is 2.48 bits per heavy atom. The molecule has 0 fully saturated rings. The van der Waals surface area contributed by atoms with Crippen molar-refractivity contribution in [3.63, 3.8) is 0 Å². The summed E-state index contributed by atoms with van der Waals surface area (Å²) >= 11 is 0. The third-order valence-electron chi connectivity index (χ3n) is 3.42. The van der Waals surface area contributed by atoms with Crippen LogP contribution in [0.15, 0.2) is 53.4 Å². The van der Waals surface area contributed by atoms with Crippen molar-refractivity contribution in [2.45, 2.75) is 24.8 Å². The summed E-state index contributed by atoms with van der Waals surface area (Å²) in [6.07, 6.45) is -0.379. The molecule has 0 aromatic heterocycles. The number of ether oxygens (including phenoxy) is 2. The van der Waals surface area contributed by atoms with Crippen molar-refractivity contribution < 1.29 is 32.4 Å². The van der Waals surface area contributed by atoms with Gasteiger partial charge < -0.3 is 9.47 Å². The molecule has 154 valence electrons. The smallest absolute Gasteiger partial charge is 0.344 e. The van der Waals surface area contributed by atoms with Crippen molar-refractivity contribution in [1.29, 1.82) is 0 Å². The minimum absolute atomic E-state index is 0.110. The van der Waals surface area contributed by atoms with Crippen LogP contribution >= 0.6 is 0 Å². The first-order chi connectivity index (χ1) is 13.6. The number of carbonyl (C=O) groups is 2. The fourth-order valence-electron chi connectivity index (χ4n) is 2.22. The monoisotopic (exact) mass is 422 g/mol. The van der Waals surface area contributed by atoms with E-state index < -0.39 is 39.2 Å². The molecular weight excluding hydrogens is 404 g/mol. The first-order valence-corrected chi connectivity index (χ1v) is 9.81. The van der Waals surface area contributed by atoms with Crippen LogP contribution in [-0.4, -0.2) is 38.0 Å². The molecule has 0 bridgehead atoms. The number of esters is 2. The molecule has 0 unspecified atom stereocenters. The Kier molecular flexibility index (Phi) is 6.89. The van der Waals surface area contributed by atoms with Gasteiger partial charge in [-0.25, -0.2) is 18.0 Å². The number of rotatable bonds is 8. The number of hydrogen-bond acceptors (Lipinski definition) is 8. The van der Waals surface area contributed by atoms with Crippen molar-refractivity contribution in [2.24, 2.45) is 0 Å². The molecule has 2 aromatic rings. The van der Waals surface area contributed by atoms with Gasteiger partial charge in [0, 0.05) is 12.1 Å². The second-order valence-electron chi connectivity index (χ2n) is 6.02. The maximum absolute atomic E-state index is 12.6. The molecular formula is C18H18N2O8S. The number of hydrogen-bond donors (Lipinski definition) is 1. The van der Waals surface area contributed by atoms with Crippen LogP contribution in [0.5, 0.6) is 0 Å². The van der Waals surface area contributed by atoms with E-state index >= 15 is 0 Å². The van der Waals surface area contributed by atoms with Gasteiger partial charge in [0.05, 0.1) is 27.2 Å². The molecule has 2 aromatic carbocycles. The van der Waals surface area contributed by atoms with Crippen molar-refractivity contribution in [1.82, 2.24) is 0 Å². The lowest BCUT2D eigenvalue weighted by Crippen LogP contribution is -2.21. The van der Waals surface area contributed by atoms with E-state index in [-0.39, 0.29) is 22.3 Å². The number of nitrogens with zero attached hydrogens (tertiary/aromatic N) is 1. The molecule has 11 heteroatoms. The Morgan fingerprint density at radius 1 is 1.14 bits per heavy atom. The number of nitro benzene ring substituents is 1. The van der Waals surface area contributed by atoms with Gasteiger partial charge in [-0.05, 0) is 32.0 Å². The molecule has 0 amide bonds. The lowest BCUT2D eigenvalue weighted by atomic mass is 10.2. The molecule has 0 aliphatic carbocycles. The molecule has 0 aliphatic rings. The standard InChI is InChI=1S/C18H18N2O8S/c1-12(2)28-17(21)11-27-18(22)15-8-3-4-9-16(15)19-29(25,26)14-7-5-6-13(10-14)20(23)24/h3-10,12,19H,11H2,1-2H3. The summed E-state index contributed by atoms with van der Waals surface area (Å²) in [5.74, 6) is -1.69. The number of benzene rings is 2. The van der Waals surface area contributed by atoms with Crippen LogP contribution in [0.4, 0.5) is 11.4 Å². The largest absolute Gasteiger partial charge is 0.460 e. The molecule has 0 radical (unpaired) electrons. The van der Waals surface area contributed by atoms with E-state index in [1.165, 1.54) is 36.4 Å². The quantitative estimate of drug-likeness (QED) is 0.388. The summed E-state index contributed by atoms with van der Waals surface area (Å²) < 4.78 is 37.1. The van der Waals surface area contributed by atoms with Crippen molar-refractivity contribution in [3.05, 3.63) is 64.2 Å². The Hall–Kier alpha value is -3.47. The van der Waals surface area contributed by atoms with Gasteiger partial charge in [-0.2, -0.15) is 0 Å². The SMILES string of the molecule is CC(C)OC(=O)COC(=O)c1ccccc1NS(=O)(=O)c1cccc([N+](=O)[O-])c1. The van der Waals surface area contributed by atoms with Gasteiger partial charge in [0.25, 0.3) is 15.7 Å². The van der Waals surface area contributed by atoms with Crippen LogP contribution in [0.3, 0.4) is 0 Å². The van der Waals surface area contributed by atoms with Crippen molar-refractivity contribution >= 4 is 33.3 Å².